The number of methoxy groups -OCH3 is 1. The molecule has 2 aromatic rings. The van der Waals surface area contributed by atoms with Gasteiger partial charge in [-0.15, -0.1) is 0 Å². The molecule has 2 amide bonds. The molecular formula is C27H35BrN4O5S. The lowest BCUT2D eigenvalue weighted by Crippen LogP contribution is -2.48. The van der Waals surface area contributed by atoms with Crippen molar-refractivity contribution in [3.05, 3.63) is 46.4 Å². The fraction of sp³-hybridized carbons (Fsp3) is 0.481. The van der Waals surface area contributed by atoms with Crippen LogP contribution in [0.1, 0.15) is 25.3 Å². The van der Waals surface area contributed by atoms with Crippen LogP contribution in [0.25, 0.3) is 0 Å². The zero-order valence-corrected chi connectivity index (χ0v) is 24.3. The molecule has 0 aliphatic carbocycles. The molecule has 38 heavy (non-hydrogen) atoms. The number of carbonyl (C=O) groups excluding carboxylic acids is 2. The number of anilines is 2. The Labute approximate surface area is 233 Å². The third kappa shape index (κ3) is 6.68. The van der Waals surface area contributed by atoms with Crippen LogP contribution in [0.3, 0.4) is 0 Å². The summed E-state index contributed by atoms with van der Waals surface area (Å²) >= 11 is 3.38. The van der Waals surface area contributed by atoms with Crippen LogP contribution in [-0.2, 0) is 25.8 Å². The standard InChI is InChI=1S/C27H35BrN4O5S/c1-3-27(34)32-11-8-20-18-23(28)25(19-24(20)32)38(35,36)17-9-26(33)29-10-12-30-13-15-31(16-14-30)21-4-6-22(37-2)7-5-21/h4-7,18-19H,3,8-17H2,1-2H3,(H,29,33). The maximum Gasteiger partial charge on any atom is 0.226 e. The number of hydrogen-bond acceptors (Lipinski definition) is 7. The number of amides is 2. The highest BCUT2D eigenvalue weighted by Crippen LogP contribution is 2.36. The number of halogens is 1. The maximum absolute atomic E-state index is 13.1. The molecule has 2 aliphatic heterocycles. The minimum atomic E-state index is -3.72. The lowest BCUT2D eigenvalue weighted by Gasteiger charge is -2.36. The number of carbonyl (C=O) groups is 2. The van der Waals surface area contributed by atoms with Gasteiger partial charge in [0.2, 0.25) is 11.8 Å². The van der Waals surface area contributed by atoms with Crippen molar-refractivity contribution < 1.29 is 22.7 Å². The molecule has 0 unspecified atom stereocenters. The highest BCUT2D eigenvalue weighted by molar-refractivity contribution is 9.10. The monoisotopic (exact) mass is 606 g/mol. The van der Waals surface area contributed by atoms with Gasteiger partial charge in [0, 0.05) is 74.5 Å². The smallest absolute Gasteiger partial charge is 0.226 e. The van der Waals surface area contributed by atoms with Gasteiger partial charge in [0.1, 0.15) is 5.75 Å². The summed E-state index contributed by atoms with van der Waals surface area (Å²) in [6.07, 6.45) is 0.934. The van der Waals surface area contributed by atoms with Crippen molar-refractivity contribution in [2.24, 2.45) is 0 Å². The first-order valence-electron chi connectivity index (χ1n) is 13.0. The molecule has 4 rings (SSSR count). The number of fused-ring (bicyclic) bond motifs is 1. The summed E-state index contributed by atoms with van der Waals surface area (Å²) in [7, 11) is -2.06. The van der Waals surface area contributed by atoms with E-state index in [1.165, 1.54) is 5.69 Å². The van der Waals surface area contributed by atoms with Crippen LogP contribution in [0.2, 0.25) is 0 Å². The number of ether oxygens (including phenoxy) is 1. The molecular weight excluding hydrogens is 572 g/mol. The van der Waals surface area contributed by atoms with Gasteiger partial charge in [-0.1, -0.05) is 6.92 Å². The molecule has 0 radical (unpaired) electrons. The van der Waals surface area contributed by atoms with Gasteiger partial charge in [-0.2, -0.15) is 0 Å². The molecule has 0 aromatic heterocycles. The molecule has 2 heterocycles. The molecule has 2 aliphatic rings. The summed E-state index contributed by atoms with van der Waals surface area (Å²) in [5.41, 5.74) is 2.76. The van der Waals surface area contributed by atoms with Crippen LogP contribution in [0.4, 0.5) is 11.4 Å². The van der Waals surface area contributed by atoms with Crippen LogP contribution in [-0.4, -0.2) is 83.8 Å². The van der Waals surface area contributed by atoms with Crippen molar-refractivity contribution in [2.75, 3.05) is 68.5 Å². The van der Waals surface area contributed by atoms with E-state index in [1.54, 1.807) is 31.1 Å². The fourth-order valence-corrected chi connectivity index (χ4v) is 7.33. The van der Waals surface area contributed by atoms with Crippen LogP contribution in [0, 0.1) is 0 Å². The molecule has 0 bridgehead atoms. The van der Waals surface area contributed by atoms with Gasteiger partial charge in [-0.3, -0.25) is 14.5 Å². The number of sulfone groups is 1. The average Bonchev–Trinajstić information content (AvgIpc) is 3.34. The van der Waals surface area contributed by atoms with E-state index < -0.39 is 9.84 Å². The quantitative estimate of drug-likeness (QED) is 0.444. The van der Waals surface area contributed by atoms with E-state index in [4.69, 9.17) is 4.74 Å². The molecule has 9 nitrogen and oxygen atoms in total. The van der Waals surface area contributed by atoms with Crippen LogP contribution < -0.4 is 19.9 Å². The first kappa shape index (κ1) is 28.4. The first-order valence-corrected chi connectivity index (χ1v) is 15.4. The zero-order chi connectivity index (χ0) is 27.3. The number of nitrogens with zero attached hydrogens (tertiary/aromatic N) is 3. The fourth-order valence-electron chi connectivity index (χ4n) is 4.88. The molecule has 0 atom stereocenters. The number of benzene rings is 2. The van der Waals surface area contributed by atoms with E-state index in [-0.39, 0.29) is 28.9 Å². The van der Waals surface area contributed by atoms with Gasteiger partial charge in [0.15, 0.2) is 9.84 Å². The van der Waals surface area contributed by atoms with Crippen molar-refractivity contribution in [1.82, 2.24) is 10.2 Å². The SMILES string of the molecule is CCC(=O)N1CCc2cc(Br)c(S(=O)(=O)CCC(=O)NCCN3CCN(c4ccc(OC)cc4)CC3)cc21. The van der Waals surface area contributed by atoms with Crippen molar-refractivity contribution >= 4 is 49.0 Å². The normalized spacial score (nSPS) is 15.9. The zero-order valence-electron chi connectivity index (χ0n) is 21.9. The lowest BCUT2D eigenvalue weighted by molar-refractivity contribution is -0.121. The second-order valence-electron chi connectivity index (χ2n) is 9.51. The number of nitrogens with one attached hydrogen (secondary N) is 1. The summed E-state index contributed by atoms with van der Waals surface area (Å²) in [5, 5.41) is 2.86. The Hall–Kier alpha value is -2.63. The summed E-state index contributed by atoms with van der Waals surface area (Å²) in [6.45, 7) is 7.10. The van der Waals surface area contributed by atoms with Gasteiger partial charge in [-0.05, 0) is 64.3 Å². The van der Waals surface area contributed by atoms with E-state index in [1.807, 2.05) is 12.1 Å². The Morgan fingerprint density at radius 1 is 1.05 bits per heavy atom. The molecule has 0 saturated carbocycles. The Morgan fingerprint density at radius 3 is 2.42 bits per heavy atom. The molecule has 1 fully saturated rings. The number of rotatable bonds is 10. The lowest BCUT2D eigenvalue weighted by atomic mass is 10.2. The Morgan fingerprint density at radius 2 is 1.76 bits per heavy atom. The second kappa shape index (κ2) is 12.5. The van der Waals surface area contributed by atoms with Crippen LogP contribution in [0.15, 0.2) is 45.8 Å². The van der Waals surface area contributed by atoms with Crippen molar-refractivity contribution in [3.8, 4) is 5.75 Å². The second-order valence-corrected chi connectivity index (χ2v) is 12.4. The molecule has 11 heteroatoms. The molecule has 2 aromatic carbocycles. The Balaban J connectivity index is 1.22. The van der Waals surface area contributed by atoms with Crippen LogP contribution >= 0.6 is 15.9 Å². The van der Waals surface area contributed by atoms with Gasteiger partial charge < -0.3 is 19.9 Å². The van der Waals surface area contributed by atoms with Gasteiger partial charge in [0.05, 0.1) is 17.8 Å². The number of hydrogen-bond donors (Lipinski definition) is 1. The topological polar surface area (TPSA) is 99.3 Å². The summed E-state index contributed by atoms with van der Waals surface area (Å²) in [6, 6.07) is 11.4. The molecule has 206 valence electrons. The van der Waals surface area contributed by atoms with E-state index in [9.17, 15) is 18.0 Å². The average molecular weight is 608 g/mol. The van der Waals surface area contributed by atoms with Crippen molar-refractivity contribution in [1.29, 1.82) is 0 Å². The molecule has 1 N–H and O–H groups in total. The molecule has 1 saturated heterocycles. The maximum atomic E-state index is 13.1. The largest absolute Gasteiger partial charge is 0.497 e. The number of piperazine rings is 1. The minimum absolute atomic E-state index is 0.0315. The highest BCUT2D eigenvalue weighted by Gasteiger charge is 2.28. The third-order valence-corrected chi connectivity index (χ3v) is 9.79. The minimum Gasteiger partial charge on any atom is -0.497 e. The third-order valence-electron chi connectivity index (χ3n) is 7.13. The van der Waals surface area contributed by atoms with Crippen LogP contribution in [0.5, 0.6) is 5.75 Å². The predicted octanol–water partition coefficient (Wildman–Crippen LogP) is 2.86. The summed E-state index contributed by atoms with van der Waals surface area (Å²) in [4.78, 5) is 31.1. The predicted molar refractivity (Wildman–Crippen MR) is 152 cm³/mol. The Bertz CT molecular complexity index is 1260. The summed E-state index contributed by atoms with van der Waals surface area (Å²) in [5.74, 6) is 0.228. The van der Waals surface area contributed by atoms with Crippen molar-refractivity contribution in [2.45, 2.75) is 31.1 Å². The van der Waals surface area contributed by atoms with E-state index in [0.717, 1.165) is 37.5 Å². The van der Waals surface area contributed by atoms with Crippen molar-refractivity contribution in [3.63, 3.8) is 0 Å². The van der Waals surface area contributed by atoms with E-state index in [0.29, 0.717) is 42.6 Å². The highest BCUT2D eigenvalue weighted by atomic mass is 79.9. The van der Waals surface area contributed by atoms with E-state index >= 15 is 0 Å². The van der Waals surface area contributed by atoms with Gasteiger partial charge >= 0.3 is 0 Å². The Kier molecular flexibility index (Phi) is 9.32. The van der Waals surface area contributed by atoms with Gasteiger partial charge in [-0.25, -0.2) is 8.42 Å². The first-order chi connectivity index (χ1) is 18.2. The molecule has 0 spiro atoms. The van der Waals surface area contributed by atoms with Gasteiger partial charge in [0.25, 0.3) is 0 Å². The van der Waals surface area contributed by atoms with E-state index in [2.05, 4.69) is 43.2 Å². The summed E-state index contributed by atoms with van der Waals surface area (Å²) < 4.78 is 31.8.